The molecule has 2 N–H and O–H groups in total. The zero-order valence-corrected chi connectivity index (χ0v) is 9.67. The summed E-state index contributed by atoms with van der Waals surface area (Å²) in [5, 5.41) is 0. The van der Waals surface area contributed by atoms with Gasteiger partial charge in [0.2, 0.25) is 5.91 Å². The van der Waals surface area contributed by atoms with Crippen LogP contribution in [0.4, 0.5) is 0 Å². The maximum Gasteiger partial charge on any atom is 0.242 e. The molecule has 0 aromatic rings. The first-order valence-corrected chi connectivity index (χ1v) is 6.20. The van der Waals surface area contributed by atoms with Crippen LogP contribution in [-0.2, 0) is 4.79 Å². The van der Waals surface area contributed by atoms with Gasteiger partial charge in [0, 0.05) is 13.1 Å². The molecule has 0 spiro atoms. The predicted molar refractivity (Wildman–Crippen MR) is 60.4 cm³/mol. The summed E-state index contributed by atoms with van der Waals surface area (Å²) in [4.78, 5) is 14.3. The Kier molecular flexibility index (Phi) is 3.01. The highest BCUT2D eigenvalue weighted by Crippen LogP contribution is 2.30. The molecule has 15 heavy (non-hydrogen) atoms. The largest absolute Gasteiger partial charge is 0.341 e. The van der Waals surface area contributed by atoms with Crippen LogP contribution in [0.3, 0.4) is 0 Å². The van der Waals surface area contributed by atoms with Crippen molar-refractivity contribution in [2.45, 2.75) is 51.0 Å². The Labute approximate surface area is 92.0 Å². The minimum Gasteiger partial charge on any atom is -0.341 e. The third kappa shape index (κ3) is 2.17. The average molecular weight is 210 g/mol. The number of nitrogens with two attached hydrogens (primary N) is 1. The number of likely N-dealkylation sites (tertiary alicyclic amines) is 1. The Bertz CT molecular complexity index is 246. The van der Waals surface area contributed by atoms with E-state index >= 15 is 0 Å². The molecule has 86 valence electrons. The lowest BCUT2D eigenvalue weighted by Gasteiger charge is -2.36. The third-order valence-electron chi connectivity index (χ3n) is 3.87. The summed E-state index contributed by atoms with van der Waals surface area (Å²) in [6.45, 7) is 4.05. The lowest BCUT2D eigenvalue weighted by molar-refractivity contribution is -0.138. The predicted octanol–water partition coefficient (Wildman–Crippen LogP) is 1.52. The molecule has 0 bridgehead atoms. The van der Waals surface area contributed by atoms with Gasteiger partial charge in [-0.1, -0.05) is 19.8 Å². The number of carbonyl (C=O) groups is 1. The molecule has 1 aliphatic carbocycles. The van der Waals surface area contributed by atoms with Crippen LogP contribution in [0.1, 0.15) is 45.4 Å². The Morgan fingerprint density at radius 1 is 1.33 bits per heavy atom. The highest BCUT2D eigenvalue weighted by molar-refractivity contribution is 5.86. The van der Waals surface area contributed by atoms with E-state index in [1.807, 2.05) is 4.90 Å². The molecule has 1 heterocycles. The number of piperidine rings is 1. The first-order valence-electron chi connectivity index (χ1n) is 6.20. The molecular formula is C12H22N2O. The van der Waals surface area contributed by atoms with Gasteiger partial charge < -0.3 is 10.6 Å². The Morgan fingerprint density at radius 3 is 2.60 bits per heavy atom. The molecule has 0 radical (unpaired) electrons. The molecule has 2 aliphatic rings. The molecule has 2 fully saturated rings. The van der Waals surface area contributed by atoms with Crippen LogP contribution >= 0.6 is 0 Å². The van der Waals surface area contributed by atoms with Crippen molar-refractivity contribution >= 4 is 5.91 Å². The van der Waals surface area contributed by atoms with E-state index in [0.29, 0.717) is 5.92 Å². The number of hydrogen-bond acceptors (Lipinski definition) is 2. The van der Waals surface area contributed by atoms with Gasteiger partial charge in [0.25, 0.3) is 0 Å². The van der Waals surface area contributed by atoms with Crippen LogP contribution in [0.2, 0.25) is 0 Å². The minimum absolute atomic E-state index is 0.214. The van der Waals surface area contributed by atoms with Gasteiger partial charge in [0.1, 0.15) is 0 Å². The highest BCUT2D eigenvalue weighted by atomic mass is 16.2. The van der Waals surface area contributed by atoms with Crippen LogP contribution < -0.4 is 5.73 Å². The van der Waals surface area contributed by atoms with Crippen molar-refractivity contribution in [2.24, 2.45) is 11.7 Å². The van der Waals surface area contributed by atoms with Gasteiger partial charge in [-0.05, 0) is 31.6 Å². The summed E-state index contributed by atoms with van der Waals surface area (Å²) >= 11 is 0. The van der Waals surface area contributed by atoms with Crippen molar-refractivity contribution in [3.05, 3.63) is 0 Å². The topological polar surface area (TPSA) is 46.3 Å². The summed E-state index contributed by atoms with van der Waals surface area (Å²) in [5.74, 6) is 0.860. The molecule has 1 saturated carbocycles. The second kappa shape index (κ2) is 4.12. The molecule has 2 rings (SSSR count). The second-order valence-electron chi connectivity index (χ2n) is 5.36. The lowest BCUT2D eigenvalue weighted by Crippen LogP contribution is -2.55. The Hall–Kier alpha value is -0.570. The molecule has 1 aliphatic heterocycles. The first-order chi connectivity index (χ1) is 7.12. The average Bonchev–Trinajstić information content (AvgIpc) is 2.65. The summed E-state index contributed by atoms with van der Waals surface area (Å²) in [6, 6.07) is 0. The first kappa shape index (κ1) is 10.9. The molecule has 3 heteroatoms. The van der Waals surface area contributed by atoms with E-state index < -0.39 is 5.54 Å². The Balaban J connectivity index is 2.00. The number of hydrogen-bond donors (Lipinski definition) is 1. The smallest absolute Gasteiger partial charge is 0.242 e. The van der Waals surface area contributed by atoms with Crippen molar-refractivity contribution in [3.8, 4) is 0 Å². The van der Waals surface area contributed by atoms with Crippen molar-refractivity contribution in [1.82, 2.24) is 4.90 Å². The molecule has 1 saturated heterocycles. The monoisotopic (exact) mass is 210 g/mol. The van der Waals surface area contributed by atoms with Gasteiger partial charge in [-0.25, -0.2) is 0 Å². The lowest BCUT2D eigenvalue weighted by atomic mass is 9.93. The minimum atomic E-state index is -0.517. The zero-order valence-electron chi connectivity index (χ0n) is 9.67. The Morgan fingerprint density at radius 2 is 2.00 bits per heavy atom. The van der Waals surface area contributed by atoms with E-state index in [1.165, 1.54) is 6.42 Å². The number of carbonyl (C=O) groups excluding carboxylic acids is 1. The number of amides is 1. The molecule has 1 amide bonds. The zero-order chi connectivity index (χ0) is 10.9. The van der Waals surface area contributed by atoms with Crippen LogP contribution in [0.25, 0.3) is 0 Å². The van der Waals surface area contributed by atoms with Gasteiger partial charge in [0.05, 0.1) is 5.54 Å². The fourth-order valence-electron chi connectivity index (χ4n) is 2.91. The third-order valence-corrected chi connectivity index (χ3v) is 3.87. The molecule has 0 aromatic carbocycles. The molecule has 1 atom stereocenters. The van der Waals surface area contributed by atoms with E-state index in [-0.39, 0.29) is 5.91 Å². The number of nitrogens with zero attached hydrogens (tertiary/aromatic N) is 1. The molecule has 3 nitrogen and oxygen atoms in total. The van der Waals surface area contributed by atoms with E-state index in [4.69, 9.17) is 5.73 Å². The molecular weight excluding hydrogens is 188 g/mol. The second-order valence-corrected chi connectivity index (χ2v) is 5.36. The summed E-state index contributed by atoms with van der Waals surface area (Å²) < 4.78 is 0. The molecule has 0 aromatic heterocycles. The summed E-state index contributed by atoms with van der Waals surface area (Å²) in [7, 11) is 0. The standard InChI is InChI=1S/C12H22N2O/c1-10-5-4-8-14(9-10)11(15)12(13)6-2-3-7-12/h10H,2-9,13H2,1H3. The van der Waals surface area contributed by atoms with Crippen LogP contribution in [0.15, 0.2) is 0 Å². The van der Waals surface area contributed by atoms with E-state index in [2.05, 4.69) is 6.92 Å². The van der Waals surface area contributed by atoms with Crippen molar-refractivity contribution in [2.75, 3.05) is 13.1 Å². The SMILES string of the molecule is CC1CCCN(C(=O)C2(N)CCCC2)C1. The van der Waals surface area contributed by atoms with E-state index in [1.54, 1.807) is 0 Å². The van der Waals surface area contributed by atoms with Gasteiger partial charge in [0.15, 0.2) is 0 Å². The molecule has 1 unspecified atom stereocenters. The fourth-order valence-corrected chi connectivity index (χ4v) is 2.91. The van der Waals surface area contributed by atoms with Gasteiger partial charge in [-0.3, -0.25) is 4.79 Å². The summed E-state index contributed by atoms with van der Waals surface area (Å²) in [6.07, 6.45) is 6.40. The fraction of sp³-hybridized carbons (Fsp3) is 0.917. The highest BCUT2D eigenvalue weighted by Gasteiger charge is 2.40. The normalized spacial score (nSPS) is 30.5. The summed E-state index contributed by atoms with van der Waals surface area (Å²) in [5.41, 5.74) is 5.67. The van der Waals surface area contributed by atoms with Gasteiger partial charge >= 0.3 is 0 Å². The van der Waals surface area contributed by atoms with Crippen molar-refractivity contribution in [1.29, 1.82) is 0 Å². The van der Waals surface area contributed by atoms with Crippen LogP contribution in [-0.4, -0.2) is 29.4 Å². The quantitative estimate of drug-likeness (QED) is 0.713. The van der Waals surface area contributed by atoms with Crippen LogP contribution in [0.5, 0.6) is 0 Å². The van der Waals surface area contributed by atoms with Gasteiger partial charge in [-0.2, -0.15) is 0 Å². The van der Waals surface area contributed by atoms with E-state index in [0.717, 1.165) is 45.2 Å². The van der Waals surface area contributed by atoms with Crippen molar-refractivity contribution < 1.29 is 4.79 Å². The maximum atomic E-state index is 12.3. The number of rotatable bonds is 1. The van der Waals surface area contributed by atoms with Crippen LogP contribution in [0, 0.1) is 5.92 Å². The van der Waals surface area contributed by atoms with Crippen molar-refractivity contribution in [3.63, 3.8) is 0 Å². The van der Waals surface area contributed by atoms with Gasteiger partial charge in [-0.15, -0.1) is 0 Å². The maximum absolute atomic E-state index is 12.3. The van der Waals surface area contributed by atoms with E-state index in [9.17, 15) is 4.79 Å².